The van der Waals surface area contributed by atoms with E-state index in [0.717, 1.165) is 18.7 Å². The maximum atomic E-state index is 14.3. The number of hydrogen-bond acceptors (Lipinski definition) is 3. The Morgan fingerprint density at radius 1 is 1.50 bits per heavy atom. The molecule has 0 aromatic heterocycles. The molecule has 0 radical (unpaired) electrons. The Hall–Kier alpha value is -1.13. The highest BCUT2D eigenvalue weighted by atomic mass is 19.1. The van der Waals surface area contributed by atoms with Gasteiger partial charge >= 0.3 is 0 Å². The van der Waals surface area contributed by atoms with Gasteiger partial charge in [-0.05, 0) is 58.1 Å². The van der Waals surface area contributed by atoms with Crippen LogP contribution in [0.3, 0.4) is 0 Å². The summed E-state index contributed by atoms with van der Waals surface area (Å²) in [7, 11) is 6.02. The number of hydrogen-bond donors (Lipinski definition) is 1. The molecule has 20 heavy (non-hydrogen) atoms. The molecule has 1 fully saturated rings. The molecule has 2 atom stereocenters. The first-order valence-corrected chi connectivity index (χ1v) is 7.41. The Morgan fingerprint density at radius 3 is 2.80 bits per heavy atom. The summed E-state index contributed by atoms with van der Waals surface area (Å²) in [5.74, 6) is -0.132. The van der Waals surface area contributed by atoms with E-state index in [2.05, 4.69) is 17.3 Å². The summed E-state index contributed by atoms with van der Waals surface area (Å²) in [4.78, 5) is 4.40. The molecule has 0 amide bonds. The topological polar surface area (TPSA) is 18.5 Å². The lowest BCUT2D eigenvalue weighted by Gasteiger charge is -2.28. The molecule has 1 aliphatic rings. The second kappa shape index (κ2) is 6.55. The number of anilines is 1. The molecule has 4 heteroatoms. The SMILES string of the molecule is CNC(C)c1ccc(N(C)CC2CCCN2C)c(F)c1. The fraction of sp³-hybridized carbons (Fsp3) is 0.625. The summed E-state index contributed by atoms with van der Waals surface area (Å²) in [5, 5.41) is 3.13. The Balaban J connectivity index is 2.08. The summed E-state index contributed by atoms with van der Waals surface area (Å²) in [6.45, 7) is 4.07. The first kappa shape index (κ1) is 15.3. The Kier molecular flexibility index (Phi) is 5.00. The third kappa shape index (κ3) is 3.30. The van der Waals surface area contributed by atoms with E-state index in [1.165, 1.54) is 12.8 Å². The molecule has 2 unspecified atom stereocenters. The van der Waals surface area contributed by atoms with Gasteiger partial charge in [0.05, 0.1) is 5.69 Å². The fourth-order valence-electron chi connectivity index (χ4n) is 2.89. The monoisotopic (exact) mass is 279 g/mol. The van der Waals surface area contributed by atoms with E-state index in [1.54, 1.807) is 6.07 Å². The van der Waals surface area contributed by atoms with Crippen LogP contribution in [0.25, 0.3) is 0 Å². The summed E-state index contributed by atoms with van der Waals surface area (Å²) < 4.78 is 14.3. The van der Waals surface area contributed by atoms with Gasteiger partial charge in [-0.3, -0.25) is 0 Å². The first-order valence-electron chi connectivity index (χ1n) is 7.41. The van der Waals surface area contributed by atoms with Crippen molar-refractivity contribution in [2.24, 2.45) is 0 Å². The van der Waals surface area contributed by atoms with Crippen LogP contribution in [-0.2, 0) is 0 Å². The zero-order valence-corrected chi connectivity index (χ0v) is 13.0. The number of nitrogens with zero attached hydrogens (tertiary/aromatic N) is 2. The standard InChI is InChI=1S/C16H26FN3/c1-12(18-2)13-7-8-16(15(17)10-13)20(4)11-14-6-5-9-19(14)3/h7-8,10,12,14,18H,5-6,9,11H2,1-4H3. The van der Waals surface area contributed by atoms with Crippen molar-refractivity contribution in [2.45, 2.75) is 31.8 Å². The molecule has 1 aromatic rings. The predicted molar refractivity (Wildman–Crippen MR) is 82.8 cm³/mol. The van der Waals surface area contributed by atoms with E-state index in [-0.39, 0.29) is 11.9 Å². The van der Waals surface area contributed by atoms with Crippen molar-refractivity contribution in [1.29, 1.82) is 0 Å². The van der Waals surface area contributed by atoms with Crippen molar-refractivity contribution in [3.63, 3.8) is 0 Å². The molecule has 1 heterocycles. The molecular weight excluding hydrogens is 253 g/mol. The summed E-state index contributed by atoms with van der Waals surface area (Å²) in [6.07, 6.45) is 2.45. The largest absolute Gasteiger partial charge is 0.371 e. The van der Waals surface area contributed by atoms with Crippen molar-refractivity contribution in [1.82, 2.24) is 10.2 Å². The molecule has 1 aliphatic heterocycles. The highest BCUT2D eigenvalue weighted by molar-refractivity contribution is 5.49. The van der Waals surface area contributed by atoms with Gasteiger partial charge in [0.25, 0.3) is 0 Å². The van der Waals surface area contributed by atoms with Crippen LogP contribution in [0.2, 0.25) is 0 Å². The second-order valence-electron chi connectivity index (χ2n) is 5.88. The van der Waals surface area contributed by atoms with Crippen molar-refractivity contribution in [3.05, 3.63) is 29.6 Å². The third-order valence-corrected chi connectivity index (χ3v) is 4.47. The van der Waals surface area contributed by atoms with E-state index in [1.807, 2.05) is 38.1 Å². The molecular formula is C16H26FN3. The Morgan fingerprint density at radius 2 is 2.25 bits per heavy atom. The molecule has 3 nitrogen and oxygen atoms in total. The van der Waals surface area contributed by atoms with Crippen LogP contribution in [-0.4, -0.2) is 45.2 Å². The van der Waals surface area contributed by atoms with Crippen molar-refractivity contribution < 1.29 is 4.39 Å². The van der Waals surface area contributed by atoms with Gasteiger partial charge in [0.2, 0.25) is 0 Å². The zero-order valence-electron chi connectivity index (χ0n) is 13.0. The van der Waals surface area contributed by atoms with Gasteiger partial charge in [-0.15, -0.1) is 0 Å². The van der Waals surface area contributed by atoms with E-state index >= 15 is 0 Å². The maximum Gasteiger partial charge on any atom is 0.146 e. The normalized spacial score (nSPS) is 21.1. The van der Waals surface area contributed by atoms with Crippen LogP contribution in [0.15, 0.2) is 18.2 Å². The number of likely N-dealkylation sites (tertiary alicyclic amines) is 1. The van der Waals surface area contributed by atoms with Gasteiger partial charge in [0.15, 0.2) is 0 Å². The van der Waals surface area contributed by atoms with Gasteiger partial charge in [-0.25, -0.2) is 4.39 Å². The number of likely N-dealkylation sites (N-methyl/N-ethyl adjacent to an activating group) is 2. The van der Waals surface area contributed by atoms with Gasteiger partial charge in [0.1, 0.15) is 5.82 Å². The summed E-state index contributed by atoms with van der Waals surface area (Å²) >= 11 is 0. The molecule has 0 bridgehead atoms. The van der Waals surface area contributed by atoms with Gasteiger partial charge in [-0.1, -0.05) is 6.07 Å². The van der Waals surface area contributed by atoms with Crippen LogP contribution in [0, 0.1) is 5.82 Å². The minimum atomic E-state index is -0.132. The zero-order chi connectivity index (χ0) is 14.7. The van der Waals surface area contributed by atoms with Crippen LogP contribution >= 0.6 is 0 Å². The molecule has 112 valence electrons. The third-order valence-electron chi connectivity index (χ3n) is 4.47. The number of benzene rings is 1. The molecule has 0 spiro atoms. The first-order chi connectivity index (χ1) is 9.52. The average Bonchev–Trinajstić information content (AvgIpc) is 2.83. The van der Waals surface area contributed by atoms with Crippen molar-refractivity contribution in [3.8, 4) is 0 Å². The highest BCUT2D eigenvalue weighted by Crippen LogP contribution is 2.24. The highest BCUT2D eigenvalue weighted by Gasteiger charge is 2.23. The van der Waals surface area contributed by atoms with Crippen LogP contribution in [0.4, 0.5) is 10.1 Å². The molecule has 1 N–H and O–H groups in total. The molecule has 1 aromatic carbocycles. The molecule has 2 rings (SSSR count). The van der Waals surface area contributed by atoms with E-state index < -0.39 is 0 Å². The van der Waals surface area contributed by atoms with Crippen LogP contribution < -0.4 is 10.2 Å². The van der Waals surface area contributed by atoms with E-state index in [9.17, 15) is 4.39 Å². The lowest BCUT2D eigenvalue weighted by atomic mass is 10.1. The summed E-state index contributed by atoms with van der Waals surface area (Å²) in [5.41, 5.74) is 1.68. The minimum Gasteiger partial charge on any atom is -0.371 e. The molecule has 1 saturated heterocycles. The maximum absolute atomic E-state index is 14.3. The van der Waals surface area contributed by atoms with Crippen LogP contribution in [0.5, 0.6) is 0 Å². The lowest BCUT2D eigenvalue weighted by molar-refractivity contribution is 0.314. The number of nitrogens with one attached hydrogen (secondary N) is 1. The van der Waals surface area contributed by atoms with E-state index in [4.69, 9.17) is 0 Å². The van der Waals surface area contributed by atoms with Crippen LogP contribution in [0.1, 0.15) is 31.4 Å². The smallest absolute Gasteiger partial charge is 0.146 e. The molecule has 0 aliphatic carbocycles. The quantitative estimate of drug-likeness (QED) is 0.894. The van der Waals surface area contributed by atoms with E-state index in [0.29, 0.717) is 11.7 Å². The summed E-state index contributed by atoms with van der Waals surface area (Å²) in [6, 6.07) is 6.26. The Labute approximate surface area is 121 Å². The van der Waals surface area contributed by atoms with Crippen molar-refractivity contribution in [2.75, 3.05) is 39.1 Å². The van der Waals surface area contributed by atoms with Crippen molar-refractivity contribution >= 4 is 5.69 Å². The lowest BCUT2D eigenvalue weighted by Crippen LogP contribution is -2.37. The van der Waals surface area contributed by atoms with Gasteiger partial charge < -0.3 is 15.1 Å². The predicted octanol–water partition coefficient (Wildman–Crippen LogP) is 2.64. The van der Waals surface area contributed by atoms with Gasteiger partial charge in [0, 0.05) is 25.7 Å². The molecule has 0 saturated carbocycles. The van der Waals surface area contributed by atoms with Gasteiger partial charge in [-0.2, -0.15) is 0 Å². The minimum absolute atomic E-state index is 0.132. The number of rotatable bonds is 5. The number of halogens is 1. The average molecular weight is 279 g/mol. The second-order valence-corrected chi connectivity index (χ2v) is 5.88. The fourth-order valence-corrected chi connectivity index (χ4v) is 2.89. The Bertz CT molecular complexity index is 449.